The fourth-order valence-corrected chi connectivity index (χ4v) is 2.08. The molecule has 4 heteroatoms. The summed E-state index contributed by atoms with van der Waals surface area (Å²) >= 11 is 0. The van der Waals surface area contributed by atoms with Gasteiger partial charge in [-0.05, 0) is 25.1 Å². The molecule has 0 aliphatic carbocycles. The fraction of sp³-hybridized carbons (Fsp3) is 0.143. The Labute approximate surface area is 104 Å². The molecule has 0 aliphatic rings. The van der Waals surface area contributed by atoms with Crippen molar-refractivity contribution in [3.8, 4) is 5.69 Å². The van der Waals surface area contributed by atoms with E-state index in [4.69, 9.17) is 0 Å². The normalized spacial score (nSPS) is 12.8. The van der Waals surface area contributed by atoms with Gasteiger partial charge in [-0.25, -0.2) is 4.68 Å². The van der Waals surface area contributed by atoms with Crippen molar-refractivity contribution in [1.29, 1.82) is 0 Å². The molecule has 0 fully saturated rings. The Kier molecular flexibility index (Phi) is 2.57. The molecule has 3 aromatic rings. The Morgan fingerprint density at radius 2 is 1.78 bits per heavy atom. The summed E-state index contributed by atoms with van der Waals surface area (Å²) in [7, 11) is 0. The summed E-state index contributed by atoms with van der Waals surface area (Å²) in [5, 5.41) is 18.1. The van der Waals surface area contributed by atoms with Crippen LogP contribution in [0.3, 0.4) is 0 Å². The van der Waals surface area contributed by atoms with Gasteiger partial charge in [-0.3, -0.25) is 0 Å². The number of aliphatic hydroxyl groups excluding tert-OH is 1. The average molecular weight is 239 g/mol. The number of hydrogen-bond donors (Lipinski definition) is 1. The molecule has 90 valence electrons. The van der Waals surface area contributed by atoms with Crippen LogP contribution in [-0.4, -0.2) is 20.1 Å². The van der Waals surface area contributed by atoms with Gasteiger partial charge in [-0.2, -0.15) is 0 Å². The summed E-state index contributed by atoms with van der Waals surface area (Å²) in [6, 6.07) is 15.4. The maximum atomic E-state index is 9.81. The topological polar surface area (TPSA) is 50.9 Å². The highest BCUT2D eigenvalue weighted by atomic mass is 16.3. The van der Waals surface area contributed by atoms with Crippen LogP contribution in [0.1, 0.15) is 18.6 Å². The molecule has 0 saturated heterocycles. The summed E-state index contributed by atoms with van der Waals surface area (Å²) < 4.78 is 1.76. The minimum Gasteiger partial charge on any atom is -0.389 e. The maximum Gasteiger partial charge on any atom is 0.113 e. The second-order valence-electron chi connectivity index (χ2n) is 4.22. The third-order valence-electron chi connectivity index (χ3n) is 2.97. The number of aromatic nitrogens is 3. The molecule has 1 aromatic heterocycles. The molecule has 2 aromatic carbocycles. The summed E-state index contributed by atoms with van der Waals surface area (Å²) in [4.78, 5) is 0. The zero-order valence-corrected chi connectivity index (χ0v) is 9.99. The van der Waals surface area contributed by atoms with E-state index in [9.17, 15) is 5.11 Å². The molecular weight excluding hydrogens is 226 g/mol. The van der Waals surface area contributed by atoms with Crippen LogP contribution in [0.2, 0.25) is 0 Å². The highest BCUT2D eigenvalue weighted by molar-refractivity contribution is 5.76. The summed E-state index contributed by atoms with van der Waals surface area (Å²) in [5.74, 6) is 0. The molecule has 0 bridgehead atoms. The third-order valence-corrected chi connectivity index (χ3v) is 2.97. The standard InChI is InChI=1S/C14H13N3O/c1-10(18)11-6-2-4-8-13(11)17-14-9-5-3-7-12(14)15-16-17/h2-10,18H,1H3/t10-/m0/s1. The number of hydrogen-bond acceptors (Lipinski definition) is 3. The average Bonchev–Trinajstić information content (AvgIpc) is 2.82. The van der Waals surface area contributed by atoms with Crippen molar-refractivity contribution in [1.82, 2.24) is 15.0 Å². The summed E-state index contributed by atoms with van der Waals surface area (Å²) in [6.45, 7) is 1.75. The lowest BCUT2D eigenvalue weighted by Crippen LogP contribution is -2.03. The highest BCUT2D eigenvalue weighted by Gasteiger charge is 2.12. The van der Waals surface area contributed by atoms with Gasteiger partial charge in [-0.15, -0.1) is 5.10 Å². The lowest BCUT2D eigenvalue weighted by Gasteiger charge is -2.11. The lowest BCUT2D eigenvalue weighted by atomic mass is 10.1. The van der Waals surface area contributed by atoms with Crippen LogP contribution in [0.25, 0.3) is 16.7 Å². The van der Waals surface area contributed by atoms with Gasteiger partial charge < -0.3 is 5.11 Å². The minimum absolute atomic E-state index is 0.538. The lowest BCUT2D eigenvalue weighted by molar-refractivity contribution is 0.199. The zero-order valence-electron chi connectivity index (χ0n) is 9.99. The van der Waals surface area contributed by atoms with E-state index < -0.39 is 6.10 Å². The van der Waals surface area contributed by atoms with Crippen molar-refractivity contribution in [3.63, 3.8) is 0 Å². The third kappa shape index (κ3) is 1.67. The van der Waals surface area contributed by atoms with Gasteiger partial charge in [0.1, 0.15) is 5.52 Å². The van der Waals surface area contributed by atoms with Gasteiger partial charge in [0.2, 0.25) is 0 Å². The number of benzene rings is 2. The number of nitrogens with zero attached hydrogens (tertiary/aromatic N) is 3. The molecule has 0 unspecified atom stereocenters. The molecule has 0 radical (unpaired) electrons. The first-order valence-electron chi connectivity index (χ1n) is 5.85. The molecular formula is C14H13N3O. The van der Waals surface area contributed by atoms with Gasteiger partial charge in [0, 0.05) is 5.56 Å². The molecule has 0 amide bonds. The van der Waals surface area contributed by atoms with Gasteiger partial charge in [0.05, 0.1) is 17.3 Å². The van der Waals surface area contributed by atoms with Crippen molar-refractivity contribution in [2.45, 2.75) is 13.0 Å². The van der Waals surface area contributed by atoms with Crippen molar-refractivity contribution < 1.29 is 5.11 Å². The van der Waals surface area contributed by atoms with Crippen LogP contribution < -0.4 is 0 Å². The zero-order chi connectivity index (χ0) is 12.5. The van der Waals surface area contributed by atoms with E-state index >= 15 is 0 Å². The number of rotatable bonds is 2. The monoisotopic (exact) mass is 239 g/mol. The Morgan fingerprint density at radius 3 is 2.61 bits per heavy atom. The van der Waals surface area contributed by atoms with Crippen LogP contribution >= 0.6 is 0 Å². The Bertz CT molecular complexity index is 688. The van der Waals surface area contributed by atoms with Gasteiger partial charge in [0.15, 0.2) is 0 Å². The Balaban J connectivity index is 2.27. The first-order valence-corrected chi connectivity index (χ1v) is 5.85. The quantitative estimate of drug-likeness (QED) is 0.747. The molecule has 0 aliphatic heterocycles. The van der Waals surface area contributed by atoms with Crippen LogP contribution in [-0.2, 0) is 0 Å². The Morgan fingerprint density at radius 1 is 1.06 bits per heavy atom. The van der Waals surface area contributed by atoms with Crippen LogP contribution in [0.15, 0.2) is 48.5 Å². The van der Waals surface area contributed by atoms with E-state index in [1.54, 1.807) is 11.6 Å². The van der Waals surface area contributed by atoms with Crippen LogP contribution in [0, 0.1) is 0 Å². The molecule has 3 rings (SSSR count). The minimum atomic E-state index is -0.538. The summed E-state index contributed by atoms with van der Waals surface area (Å²) in [6.07, 6.45) is -0.538. The van der Waals surface area contributed by atoms with E-state index in [1.807, 2.05) is 48.5 Å². The highest BCUT2D eigenvalue weighted by Crippen LogP contribution is 2.23. The predicted molar refractivity (Wildman–Crippen MR) is 69.5 cm³/mol. The maximum absolute atomic E-state index is 9.81. The van der Waals surface area contributed by atoms with Crippen LogP contribution in [0.4, 0.5) is 0 Å². The van der Waals surface area contributed by atoms with E-state index in [1.165, 1.54) is 0 Å². The van der Waals surface area contributed by atoms with Crippen molar-refractivity contribution in [2.75, 3.05) is 0 Å². The SMILES string of the molecule is C[C@H](O)c1ccccc1-n1nnc2ccccc21. The summed E-state index contributed by atoms with van der Waals surface area (Å²) in [5.41, 5.74) is 3.48. The van der Waals surface area contributed by atoms with Gasteiger partial charge >= 0.3 is 0 Å². The van der Waals surface area contributed by atoms with Gasteiger partial charge in [0.25, 0.3) is 0 Å². The number of aliphatic hydroxyl groups is 1. The first-order chi connectivity index (χ1) is 8.77. The van der Waals surface area contributed by atoms with Crippen molar-refractivity contribution in [2.24, 2.45) is 0 Å². The van der Waals surface area contributed by atoms with E-state index in [-0.39, 0.29) is 0 Å². The van der Waals surface area contributed by atoms with Crippen LogP contribution in [0.5, 0.6) is 0 Å². The molecule has 1 atom stereocenters. The first kappa shape index (κ1) is 10.9. The van der Waals surface area contributed by atoms with Crippen molar-refractivity contribution >= 4 is 11.0 Å². The second kappa shape index (κ2) is 4.23. The van der Waals surface area contributed by atoms with Gasteiger partial charge in [-0.1, -0.05) is 35.5 Å². The molecule has 18 heavy (non-hydrogen) atoms. The van der Waals surface area contributed by atoms with E-state index in [0.717, 1.165) is 22.3 Å². The molecule has 0 saturated carbocycles. The fourth-order valence-electron chi connectivity index (χ4n) is 2.08. The van der Waals surface area contributed by atoms with E-state index in [2.05, 4.69) is 10.3 Å². The smallest absolute Gasteiger partial charge is 0.113 e. The predicted octanol–water partition coefficient (Wildman–Crippen LogP) is 2.47. The second-order valence-corrected chi connectivity index (χ2v) is 4.22. The molecule has 1 heterocycles. The number of para-hydroxylation sites is 2. The number of fused-ring (bicyclic) bond motifs is 1. The largest absolute Gasteiger partial charge is 0.389 e. The molecule has 0 spiro atoms. The molecule has 1 N–H and O–H groups in total. The van der Waals surface area contributed by atoms with Crippen molar-refractivity contribution in [3.05, 3.63) is 54.1 Å². The van der Waals surface area contributed by atoms with E-state index in [0.29, 0.717) is 0 Å². The molecule has 4 nitrogen and oxygen atoms in total. The Hall–Kier alpha value is -2.20.